The zero-order valence-corrected chi connectivity index (χ0v) is 14.2. The topological polar surface area (TPSA) is 93.7 Å². The molecule has 1 atom stereocenters. The molecule has 2 rings (SSSR count). The standard InChI is InChI=1S/C16H23ClN4O3/c17-12-1-3-13(4-2-12)20-15(22)11-14(16(23)24)19-7-10-21-8-5-18-6-9-21/h1-4,14,18-19H,5-11H2,(H,20,22)(H,23,24)/t14-/m1/s1. The van der Waals surface area contributed by atoms with Crippen LogP contribution in [0.2, 0.25) is 5.02 Å². The van der Waals surface area contributed by atoms with Gasteiger partial charge in [0, 0.05) is 50.0 Å². The second kappa shape index (κ2) is 9.58. The summed E-state index contributed by atoms with van der Waals surface area (Å²) in [6.45, 7) is 5.11. The smallest absolute Gasteiger partial charge is 0.321 e. The molecule has 24 heavy (non-hydrogen) atoms. The number of piperazine rings is 1. The molecule has 1 aromatic rings. The summed E-state index contributed by atoms with van der Waals surface area (Å²) in [6.07, 6.45) is -0.125. The van der Waals surface area contributed by atoms with Crippen LogP contribution >= 0.6 is 11.6 Å². The van der Waals surface area contributed by atoms with Gasteiger partial charge in [0.15, 0.2) is 0 Å². The molecule has 1 aliphatic heterocycles. The lowest BCUT2D eigenvalue weighted by atomic mass is 10.2. The Kier molecular flexibility index (Phi) is 7.45. The zero-order chi connectivity index (χ0) is 17.4. The van der Waals surface area contributed by atoms with Crippen molar-refractivity contribution in [3.63, 3.8) is 0 Å². The van der Waals surface area contributed by atoms with Gasteiger partial charge in [0.2, 0.25) is 5.91 Å². The predicted octanol–water partition coefficient (Wildman–Crippen LogP) is 0.617. The third kappa shape index (κ3) is 6.45. The van der Waals surface area contributed by atoms with Crippen molar-refractivity contribution in [1.82, 2.24) is 15.5 Å². The maximum absolute atomic E-state index is 12.0. The fraction of sp³-hybridized carbons (Fsp3) is 0.500. The van der Waals surface area contributed by atoms with E-state index < -0.39 is 12.0 Å². The Bertz CT molecular complexity index is 547. The van der Waals surface area contributed by atoms with E-state index in [0.717, 1.165) is 32.7 Å². The first-order valence-corrected chi connectivity index (χ1v) is 8.37. The molecule has 0 aromatic heterocycles. The average molecular weight is 355 g/mol. The molecule has 1 fully saturated rings. The molecule has 1 heterocycles. The van der Waals surface area contributed by atoms with Gasteiger partial charge in [-0.3, -0.25) is 14.5 Å². The summed E-state index contributed by atoms with van der Waals surface area (Å²) in [7, 11) is 0. The largest absolute Gasteiger partial charge is 0.480 e. The number of carbonyl (C=O) groups is 2. The van der Waals surface area contributed by atoms with Gasteiger partial charge < -0.3 is 21.1 Å². The predicted molar refractivity (Wildman–Crippen MR) is 93.4 cm³/mol. The molecule has 0 bridgehead atoms. The van der Waals surface area contributed by atoms with E-state index in [1.54, 1.807) is 24.3 Å². The molecule has 4 N–H and O–H groups in total. The minimum absolute atomic E-state index is 0.125. The van der Waals surface area contributed by atoms with Crippen molar-refractivity contribution in [2.75, 3.05) is 44.6 Å². The number of rotatable bonds is 8. The van der Waals surface area contributed by atoms with Gasteiger partial charge in [-0.1, -0.05) is 11.6 Å². The molecule has 0 aliphatic carbocycles. The molecule has 7 nitrogen and oxygen atoms in total. The van der Waals surface area contributed by atoms with Crippen LogP contribution in [0, 0.1) is 0 Å². The van der Waals surface area contributed by atoms with Crippen LogP contribution in [0.25, 0.3) is 0 Å². The van der Waals surface area contributed by atoms with Gasteiger partial charge in [-0.05, 0) is 24.3 Å². The summed E-state index contributed by atoms with van der Waals surface area (Å²) in [6, 6.07) is 5.77. The molecule has 8 heteroatoms. The van der Waals surface area contributed by atoms with Crippen LogP contribution in [0.4, 0.5) is 5.69 Å². The fourth-order valence-electron chi connectivity index (χ4n) is 2.51. The summed E-state index contributed by atoms with van der Waals surface area (Å²) in [4.78, 5) is 25.6. The third-order valence-electron chi connectivity index (χ3n) is 3.84. The minimum atomic E-state index is -1.03. The van der Waals surface area contributed by atoms with Gasteiger partial charge in [0.1, 0.15) is 6.04 Å². The van der Waals surface area contributed by atoms with Crippen LogP contribution in [0.5, 0.6) is 0 Å². The van der Waals surface area contributed by atoms with E-state index in [9.17, 15) is 14.7 Å². The van der Waals surface area contributed by atoms with E-state index in [4.69, 9.17) is 11.6 Å². The Balaban J connectivity index is 1.76. The number of hydrogen-bond acceptors (Lipinski definition) is 5. The molecule has 132 valence electrons. The SMILES string of the molecule is O=C(C[C@@H](NCCN1CCNCC1)C(=O)O)Nc1ccc(Cl)cc1. The van der Waals surface area contributed by atoms with E-state index in [2.05, 4.69) is 20.9 Å². The van der Waals surface area contributed by atoms with Crippen LogP contribution in [0.3, 0.4) is 0 Å². The molecular weight excluding hydrogens is 332 g/mol. The fourth-order valence-corrected chi connectivity index (χ4v) is 2.64. The Morgan fingerprint density at radius 1 is 1.25 bits per heavy atom. The molecule has 1 aliphatic rings. The molecule has 1 amide bonds. The summed E-state index contributed by atoms with van der Waals surface area (Å²) < 4.78 is 0. The monoisotopic (exact) mass is 354 g/mol. The molecular formula is C16H23ClN4O3. The number of carboxylic acid groups (broad SMARTS) is 1. The number of carboxylic acids is 1. The third-order valence-corrected chi connectivity index (χ3v) is 4.10. The van der Waals surface area contributed by atoms with Crippen molar-refractivity contribution in [3.05, 3.63) is 29.3 Å². The van der Waals surface area contributed by atoms with Crippen LogP contribution < -0.4 is 16.0 Å². The maximum atomic E-state index is 12.0. The number of amides is 1. The first-order chi connectivity index (χ1) is 11.5. The molecule has 0 unspecified atom stereocenters. The second-order valence-electron chi connectivity index (χ2n) is 5.70. The summed E-state index contributed by atoms with van der Waals surface area (Å²) in [5.41, 5.74) is 0.592. The van der Waals surface area contributed by atoms with Crippen LogP contribution in [0.1, 0.15) is 6.42 Å². The number of anilines is 1. The van der Waals surface area contributed by atoms with Crippen molar-refractivity contribution >= 4 is 29.2 Å². The van der Waals surface area contributed by atoms with Gasteiger partial charge in [0.25, 0.3) is 0 Å². The van der Waals surface area contributed by atoms with Gasteiger partial charge in [-0.2, -0.15) is 0 Å². The molecule has 1 aromatic carbocycles. The highest BCUT2D eigenvalue weighted by atomic mass is 35.5. The number of benzene rings is 1. The maximum Gasteiger partial charge on any atom is 0.321 e. The average Bonchev–Trinajstić information content (AvgIpc) is 2.57. The molecule has 0 saturated carbocycles. The van der Waals surface area contributed by atoms with Gasteiger partial charge >= 0.3 is 5.97 Å². The van der Waals surface area contributed by atoms with Crippen molar-refractivity contribution < 1.29 is 14.7 Å². The number of hydrogen-bond donors (Lipinski definition) is 4. The van der Waals surface area contributed by atoms with Gasteiger partial charge in [0.05, 0.1) is 6.42 Å². The molecule has 1 saturated heterocycles. The first kappa shape index (κ1) is 18.7. The Morgan fingerprint density at radius 2 is 1.92 bits per heavy atom. The van der Waals surface area contributed by atoms with Crippen LogP contribution in [-0.4, -0.2) is 67.2 Å². The van der Waals surface area contributed by atoms with Gasteiger partial charge in [-0.25, -0.2) is 0 Å². The number of nitrogens with zero attached hydrogens (tertiary/aromatic N) is 1. The highest BCUT2D eigenvalue weighted by Crippen LogP contribution is 2.13. The normalized spacial score (nSPS) is 16.5. The van der Waals surface area contributed by atoms with E-state index in [1.807, 2.05) is 0 Å². The number of nitrogens with one attached hydrogen (secondary N) is 3. The summed E-state index contributed by atoms with van der Waals surface area (Å²) in [5.74, 6) is -1.37. The highest BCUT2D eigenvalue weighted by molar-refractivity contribution is 6.30. The molecule has 0 spiro atoms. The summed E-state index contributed by atoms with van der Waals surface area (Å²) >= 11 is 5.79. The van der Waals surface area contributed by atoms with E-state index in [-0.39, 0.29) is 12.3 Å². The lowest BCUT2D eigenvalue weighted by Crippen LogP contribution is -2.48. The van der Waals surface area contributed by atoms with E-state index >= 15 is 0 Å². The Hall–Kier alpha value is -1.67. The zero-order valence-electron chi connectivity index (χ0n) is 13.4. The Labute approximate surface area is 146 Å². The number of aliphatic carboxylic acids is 1. The summed E-state index contributed by atoms with van der Waals surface area (Å²) in [5, 5.41) is 18.7. The number of halogens is 1. The lowest BCUT2D eigenvalue weighted by molar-refractivity contribution is -0.141. The Morgan fingerprint density at radius 3 is 2.54 bits per heavy atom. The quantitative estimate of drug-likeness (QED) is 0.547. The second-order valence-corrected chi connectivity index (χ2v) is 6.13. The number of carbonyl (C=O) groups excluding carboxylic acids is 1. The lowest BCUT2D eigenvalue weighted by Gasteiger charge is -2.27. The van der Waals surface area contributed by atoms with Crippen molar-refractivity contribution in [2.24, 2.45) is 0 Å². The van der Waals surface area contributed by atoms with E-state index in [1.165, 1.54) is 0 Å². The van der Waals surface area contributed by atoms with Gasteiger partial charge in [-0.15, -0.1) is 0 Å². The molecule has 0 radical (unpaired) electrons. The van der Waals surface area contributed by atoms with E-state index in [0.29, 0.717) is 17.3 Å². The highest BCUT2D eigenvalue weighted by Gasteiger charge is 2.21. The van der Waals surface area contributed by atoms with Crippen LogP contribution in [-0.2, 0) is 9.59 Å². The van der Waals surface area contributed by atoms with Crippen molar-refractivity contribution in [2.45, 2.75) is 12.5 Å². The van der Waals surface area contributed by atoms with Crippen molar-refractivity contribution in [1.29, 1.82) is 0 Å². The first-order valence-electron chi connectivity index (χ1n) is 7.99. The minimum Gasteiger partial charge on any atom is -0.480 e. The van der Waals surface area contributed by atoms with Crippen LogP contribution in [0.15, 0.2) is 24.3 Å². The van der Waals surface area contributed by atoms with Crippen molar-refractivity contribution in [3.8, 4) is 0 Å².